The Morgan fingerprint density at radius 3 is 2.57 bits per heavy atom. The van der Waals surface area contributed by atoms with E-state index >= 15 is 0 Å². The van der Waals surface area contributed by atoms with Gasteiger partial charge in [0.25, 0.3) is 5.91 Å². The number of carbonyl (C=O) groups is 1. The largest absolute Gasteiger partial charge is 0.464 e. The first-order chi connectivity index (χ1) is 10.0. The van der Waals surface area contributed by atoms with E-state index in [2.05, 4.69) is 5.32 Å². The number of furan rings is 1. The number of nitrogens with one attached hydrogen (secondary N) is 1. The maximum atomic E-state index is 12.0. The monoisotopic (exact) mass is 306 g/mol. The number of anilines is 1. The molecule has 1 aromatic heterocycles. The second kappa shape index (κ2) is 6.68. The Labute approximate surface area is 129 Å². The SMILES string of the molecule is CCc1ccc(CNc2ccc(Cl)c(C(=O)N(C)C)c2)o1. The number of halogens is 1. The normalized spacial score (nSPS) is 10.5. The second-order valence-corrected chi connectivity index (χ2v) is 5.38. The van der Waals surface area contributed by atoms with E-state index in [1.165, 1.54) is 4.90 Å². The van der Waals surface area contributed by atoms with Gasteiger partial charge in [0.2, 0.25) is 0 Å². The highest BCUT2D eigenvalue weighted by Gasteiger charge is 2.13. The van der Waals surface area contributed by atoms with Gasteiger partial charge in [-0.1, -0.05) is 18.5 Å². The molecule has 0 atom stereocenters. The van der Waals surface area contributed by atoms with Gasteiger partial charge < -0.3 is 14.6 Å². The van der Waals surface area contributed by atoms with Crippen LogP contribution in [0.1, 0.15) is 28.8 Å². The summed E-state index contributed by atoms with van der Waals surface area (Å²) in [6.45, 7) is 2.62. The molecule has 1 N–H and O–H groups in total. The molecule has 2 rings (SSSR count). The summed E-state index contributed by atoms with van der Waals surface area (Å²) in [5, 5.41) is 3.69. The van der Waals surface area contributed by atoms with Crippen molar-refractivity contribution in [1.29, 1.82) is 0 Å². The lowest BCUT2D eigenvalue weighted by Gasteiger charge is -2.13. The minimum atomic E-state index is -0.116. The standard InChI is InChI=1S/C16H19ClN2O2/c1-4-12-6-7-13(21-12)10-18-11-5-8-15(17)14(9-11)16(20)19(2)3/h5-9,18H,4,10H2,1-3H3. The molecule has 0 saturated carbocycles. The molecule has 2 aromatic rings. The topological polar surface area (TPSA) is 45.5 Å². The lowest BCUT2D eigenvalue weighted by Crippen LogP contribution is -2.22. The van der Waals surface area contributed by atoms with Crippen LogP contribution in [0, 0.1) is 0 Å². The van der Waals surface area contributed by atoms with E-state index in [0.29, 0.717) is 17.1 Å². The third kappa shape index (κ3) is 3.79. The van der Waals surface area contributed by atoms with Gasteiger partial charge in [0.1, 0.15) is 11.5 Å². The van der Waals surface area contributed by atoms with E-state index < -0.39 is 0 Å². The molecule has 0 radical (unpaired) electrons. The number of hydrogen-bond donors (Lipinski definition) is 1. The molecule has 0 aliphatic carbocycles. The zero-order valence-corrected chi connectivity index (χ0v) is 13.2. The van der Waals surface area contributed by atoms with Crippen molar-refractivity contribution in [3.63, 3.8) is 0 Å². The highest BCUT2D eigenvalue weighted by Crippen LogP contribution is 2.22. The first kappa shape index (κ1) is 15.4. The number of amides is 1. The van der Waals surface area contributed by atoms with Crippen molar-refractivity contribution in [3.8, 4) is 0 Å². The highest BCUT2D eigenvalue weighted by atomic mass is 35.5. The van der Waals surface area contributed by atoms with Crippen LogP contribution in [-0.4, -0.2) is 24.9 Å². The third-order valence-electron chi connectivity index (χ3n) is 3.14. The van der Waals surface area contributed by atoms with E-state index in [0.717, 1.165) is 23.6 Å². The summed E-state index contributed by atoms with van der Waals surface area (Å²) in [4.78, 5) is 13.5. The molecule has 1 aromatic carbocycles. The van der Waals surface area contributed by atoms with Crippen LogP contribution < -0.4 is 5.32 Å². The summed E-state index contributed by atoms with van der Waals surface area (Å²) in [5.41, 5.74) is 1.32. The highest BCUT2D eigenvalue weighted by molar-refractivity contribution is 6.34. The van der Waals surface area contributed by atoms with Crippen molar-refractivity contribution in [2.24, 2.45) is 0 Å². The first-order valence-electron chi connectivity index (χ1n) is 6.84. The van der Waals surface area contributed by atoms with Crippen molar-refractivity contribution >= 4 is 23.2 Å². The maximum absolute atomic E-state index is 12.0. The zero-order valence-electron chi connectivity index (χ0n) is 12.4. The number of hydrogen-bond acceptors (Lipinski definition) is 3. The van der Waals surface area contributed by atoms with Crippen molar-refractivity contribution in [3.05, 3.63) is 52.4 Å². The lowest BCUT2D eigenvalue weighted by molar-refractivity contribution is 0.0828. The van der Waals surface area contributed by atoms with Crippen molar-refractivity contribution in [1.82, 2.24) is 4.90 Å². The molecule has 1 amide bonds. The molecule has 0 saturated heterocycles. The lowest BCUT2D eigenvalue weighted by atomic mass is 10.1. The van der Waals surface area contributed by atoms with Crippen LogP contribution in [0.15, 0.2) is 34.7 Å². The van der Waals surface area contributed by atoms with E-state index in [-0.39, 0.29) is 5.91 Å². The summed E-state index contributed by atoms with van der Waals surface area (Å²) >= 11 is 6.08. The fraction of sp³-hybridized carbons (Fsp3) is 0.312. The van der Waals surface area contributed by atoms with E-state index in [4.69, 9.17) is 16.0 Å². The summed E-state index contributed by atoms with van der Waals surface area (Å²) in [7, 11) is 3.40. The Hall–Kier alpha value is -1.94. The number of aryl methyl sites for hydroxylation is 1. The van der Waals surface area contributed by atoms with Crippen LogP contribution in [0.2, 0.25) is 5.02 Å². The van der Waals surface area contributed by atoms with Crippen LogP contribution >= 0.6 is 11.6 Å². The van der Waals surface area contributed by atoms with Gasteiger partial charge in [-0.05, 0) is 30.3 Å². The van der Waals surface area contributed by atoms with Crippen molar-refractivity contribution < 1.29 is 9.21 Å². The number of benzene rings is 1. The van der Waals surface area contributed by atoms with Gasteiger partial charge in [0.15, 0.2) is 0 Å². The van der Waals surface area contributed by atoms with Crippen LogP contribution in [0.25, 0.3) is 0 Å². The molecule has 0 spiro atoms. The van der Waals surface area contributed by atoms with Gasteiger partial charge in [-0.25, -0.2) is 0 Å². The molecule has 1 heterocycles. The van der Waals surface area contributed by atoms with Gasteiger partial charge in [-0.15, -0.1) is 0 Å². The minimum Gasteiger partial charge on any atom is -0.464 e. The van der Waals surface area contributed by atoms with Gasteiger partial charge in [-0.2, -0.15) is 0 Å². The molecule has 0 aliphatic rings. The second-order valence-electron chi connectivity index (χ2n) is 4.97. The average Bonchev–Trinajstić information content (AvgIpc) is 2.93. The van der Waals surface area contributed by atoms with Gasteiger partial charge >= 0.3 is 0 Å². The smallest absolute Gasteiger partial charge is 0.254 e. The predicted octanol–water partition coefficient (Wildman–Crippen LogP) is 3.81. The fourth-order valence-electron chi connectivity index (χ4n) is 1.94. The Balaban J connectivity index is 2.10. The molecule has 5 heteroatoms. The van der Waals surface area contributed by atoms with Gasteiger partial charge in [-0.3, -0.25) is 4.79 Å². The van der Waals surface area contributed by atoms with Crippen LogP contribution in [0.3, 0.4) is 0 Å². The van der Waals surface area contributed by atoms with Crippen LogP contribution in [-0.2, 0) is 13.0 Å². The number of rotatable bonds is 5. The third-order valence-corrected chi connectivity index (χ3v) is 3.47. The molecular weight excluding hydrogens is 288 g/mol. The minimum absolute atomic E-state index is 0.116. The first-order valence-corrected chi connectivity index (χ1v) is 7.21. The van der Waals surface area contributed by atoms with Crippen molar-refractivity contribution in [2.75, 3.05) is 19.4 Å². The summed E-state index contributed by atoms with van der Waals surface area (Å²) in [6.07, 6.45) is 0.877. The van der Waals surface area contributed by atoms with Crippen LogP contribution in [0.5, 0.6) is 0 Å². The molecule has 0 bridgehead atoms. The fourth-order valence-corrected chi connectivity index (χ4v) is 2.13. The molecule has 0 unspecified atom stereocenters. The molecule has 4 nitrogen and oxygen atoms in total. The molecular formula is C16H19ClN2O2. The number of carbonyl (C=O) groups excluding carboxylic acids is 1. The average molecular weight is 307 g/mol. The molecule has 0 aliphatic heterocycles. The summed E-state index contributed by atoms with van der Waals surface area (Å²) in [5.74, 6) is 1.71. The summed E-state index contributed by atoms with van der Waals surface area (Å²) in [6, 6.07) is 9.25. The van der Waals surface area contributed by atoms with E-state index in [1.54, 1.807) is 26.2 Å². The Kier molecular flexibility index (Phi) is 4.91. The quantitative estimate of drug-likeness (QED) is 0.913. The van der Waals surface area contributed by atoms with Crippen LogP contribution in [0.4, 0.5) is 5.69 Å². The van der Waals surface area contributed by atoms with Gasteiger partial charge in [0.05, 0.1) is 17.1 Å². The van der Waals surface area contributed by atoms with E-state index in [1.807, 2.05) is 25.1 Å². The Bertz CT molecular complexity index is 635. The predicted molar refractivity (Wildman–Crippen MR) is 84.9 cm³/mol. The molecule has 112 valence electrons. The summed E-state index contributed by atoms with van der Waals surface area (Å²) < 4.78 is 5.63. The molecule has 21 heavy (non-hydrogen) atoms. The Morgan fingerprint density at radius 2 is 1.95 bits per heavy atom. The Morgan fingerprint density at radius 1 is 1.24 bits per heavy atom. The zero-order chi connectivity index (χ0) is 15.4. The van der Waals surface area contributed by atoms with E-state index in [9.17, 15) is 4.79 Å². The van der Waals surface area contributed by atoms with Crippen molar-refractivity contribution in [2.45, 2.75) is 19.9 Å². The van der Waals surface area contributed by atoms with Gasteiger partial charge in [0, 0.05) is 26.2 Å². The maximum Gasteiger partial charge on any atom is 0.254 e. The molecule has 0 fully saturated rings. The number of nitrogens with zero attached hydrogens (tertiary/aromatic N) is 1.